The normalized spacial score (nSPS) is 14.4. The molecule has 0 aromatic carbocycles. The number of ketones is 1. The van der Waals surface area contributed by atoms with E-state index in [1.54, 1.807) is 0 Å². The molecule has 0 unspecified atom stereocenters. The quantitative estimate of drug-likeness (QED) is 0.701. The van der Waals surface area contributed by atoms with Gasteiger partial charge in [0.25, 0.3) is 0 Å². The minimum absolute atomic E-state index is 0.0370. The summed E-state index contributed by atoms with van der Waals surface area (Å²) in [5.74, 6) is 0.312. The molecular weight excluding hydrogens is 150 g/mol. The zero-order valence-corrected chi connectivity index (χ0v) is 8.90. The number of carbonyl (C=O) groups is 1. The van der Waals surface area contributed by atoms with Crippen LogP contribution in [0.25, 0.3) is 0 Å². The molecule has 12 heavy (non-hydrogen) atoms. The van der Waals surface area contributed by atoms with Crippen LogP contribution in [0.3, 0.4) is 0 Å². The van der Waals surface area contributed by atoms with Gasteiger partial charge in [0.05, 0.1) is 6.04 Å². The van der Waals surface area contributed by atoms with Gasteiger partial charge in [0.2, 0.25) is 0 Å². The largest absolute Gasteiger partial charge is 0.311 e. The lowest BCUT2D eigenvalue weighted by Gasteiger charge is -2.24. The Morgan fingerprint density at radius 2 is 1.92 bits per heavy atom. The molecule has 0 spiro atoms. The molecule has 0 aliphatic heterocycles. The molecule has 0 aliphatic carbocycles. The highest BCUT2D eigenvalue weighted by atomic mass is 16.1. The maximum atomic E-state index is 11.4. The predicted molar refractivity (Wildman–Crippen MR) is 52.2 cm³/mol. The third kappa shape index (κ3) is 4.50. The van der Waals surface area contributed by atoms with Crippen LogP contribution in [-0.2, 0) is 4.79 Å². The molecule has 0 fully saturated rings. The molecule has 0 aromatic rings. The van der Waals surface area contributed by atoms with Crippen LogP contribution in [0.15, 0.2) is 0 Å². The van der Waals surface area contributed by atoms with Crippen LogP contribution in [0.5, 0.6) is 0 Å². The topological polar surface area (TPSA) is 29.1 Å². The second kappa shape index (κ2) is 4.61. The van der Waals surface area contributed by atoms with Crippen molar-refractivity contribution in [1.29, 1.82) is 0 Å². The first-order valence-corrected chi connectivity index (χ1v) is 4.60. The van der Waals surface area contributed by atoms with Gasteiger partial charge >= 0.3 is 0 Å². The summed E-state index contributed by atoms with van der Waals surface area (Å²) >= 11 is 0. The van der Waals surface area contributed by atoms with Crippen LogP contribution in [-0.4, -0.2) is 18.9 Å². The van der Waals surface area contributed by atoms with E-state index in [4.69, 9.17) is 0 Å². The zero-order valence-electron chi connectivity index (χ0n) is 8.90. The monoisotopic (exact) mass is 171 g/mol. The van der Waals surface area contributed by atoms with Crippen molar-refractivity contribution in [3.05, 3.63) is 0 Å². The molecule has 0 aliphatic rings. The van der Waals surface area contributed by atoms with Gasteiger partial charge in [-0.2, -0.15) is 0 Å². The van der Waals surface area contributed by atoms with E-state index in [2.05, 4.69) is 26.1 Å². The summed E-state index contributed by atoms with van der Waals surface area (Å²) < 4.78 is 0. The fraction of sp³-hybridized carbons (Fsp3) is 0.900. The predicted octanol–water partition coefficient (Wildman–Crippen LogP) is 1.99. The summed E-state index contributed by atoms with van der Waals surface area (Å²) in [5, 5.41) is 3.06. The summed E-state index contributed by atoms with van der Waals surface area (Å²) in [7, 11) is 1.85. The number of hydrogen-bond acceptors (Lipinski definition) is 2. The van der Waals surface area contributed by atoms with E-state index in [1.807, 2.05) is 14.0 Å². The van der Waals surface area contributed by atoms with Gasteiger partial charge in [0, 0.05) is 6.42 Å². The molecule has 0 aromatic heterocycles. The third-order valence-electron chi connectivity index (χ3n) is 1.90. The smallest absolute Gasteiger partial charge is 0.149 e. The zero-order chi connectivity index (χ0) is 9.78. The first kappa shape index (κ1) is 11.6. The van der Waals surface area contributed by atoms with Gasteiger partial charge in [-0.15, -0.1) is 0 Å². The molecule has 0 saturated carbocycles. The van der Waals surface area contributed by atoms with Crippen molar-refractivity contribution >= 4 is 5.78 Å². The molecule has 0 bridgehead atoms. The van der Waals surface area contributed by atoms with Crippen LogP contribution in [0.1, 0.15) is 40.5 Å². The number of nitrogens with one attached hydrogen (secondary N) is 1. The average molecular weight is 171 g/mol. The van der Waals surface area contributed by atoms with Gasteiger partial charge in [0.1, 0.15) is 5.78 Å². The Kier molecular flexibility index (Phi) is 4.46. The summed E-state index contributed by atoms with van der Waals surface area (Å²) in [4.78, 5) is 11.4. The van der Waals surface area contributed by atoms with Crippen molar-refractivity contribution in [3.8, 4) is 0 Å². The molecule has 0 heterocycles. The van der Waals surface area contributed by atoms with E-state index < -0.39 is 0 Å². The van der Waals surface area contributed by atoms with E-state index in [0.29, 0.717) is 12.2 Å². The average Bonchev–Trinajstić information content (AvgIpc) is 1.97. The highest BCUT2D eigenvalue weighted by Gasteiger charge is 2.21. The molecular formula is C10H21NO. The Morgan fingerprint density at radius 1 is 1.42 bits per heavy atom. The van der Waals surface area contributed by atoms with Crippen LogP contribution < -0.4 is 5.32 Å². The third-order valence-corrected chi connectivity index (χ3v) is 1.90. The molecule has 1 atom stereocenters. The Morgan fingerprint density at radius 3 is 2.17 bits per heavy atom. The van der Waals surface area contributed by atoms with Gasteiger partial charge in [0.15, 0.2) is 0 Å². The molecule has 1 N–H and O–H groups in total. The summed E-state index contributed by atoms with van der Waals surface area (Å²) in [6.45, 7) is 8.37. The molecule has 2 heteroatoms. The number of Topliss-reactive ketones (excluding diaryl/α,β-unsaturated/α-hetero) is 1. The highest BCUT2D eigenvalue weighted by Crippen LogP contribution is 2.21. The van der Waals surface area contributed by atoms with Crippen LogP contribution in [0.4, 0.5) is 0 Å². The SMILES string of the molecule is CCC(=O)[C@H](CC(C)(C)C)NC. The fourth-order valence-corrected chi connectivity index (χ4v) is 1.24. The molecule has 0 radical (unpaired) electrons. The second-order valence-electron chi connectivity index (χ2n) is 4.43. The van der Waals surface area contributed by atoms with Crippen molar-refractivity contribution < 1.29 is 4.79 Å². The second-order valence-corrected chi connectivity index (χ2v) is 4.43. The Balaban J connectivity index is 4.09. The van der Waals surface area contributed by atoms with Gasteiger partial charge in [-0.3, -0.25) is 4.79 Å². The first-order valence-electron chi connectivity index (χ1n) is 4.60. The van der Waals surface area contributed by atoms with E-state index in [0.717, 1.165) is 6.42 Å². The summed E-state index contributed by atoms with van der Waals surface area (Å²) in [6, 6.07) is 0.0370. The standard InChI is InChI=1S/C10H21NO/c1-6-9(12)8(11-5)7-10(2,3)4/h8,11H,6-7H2,1-5H3/t8-/m0/s1. The van der Waals surface area contributed by atoms with Crippen molar-refractivity contribution in [1.82, 2.24) is 5.32 Å². The van der Waals surface area contributed by atoms with Gasteiger partial charge < -0.3 is 5.32 Å². The number of likely N-dealkylation sites (N-methyl/N-ethyl adjacent to an activating group) is 1. The summed E-state index contributed by atoms with van der Waals surface area (Å²) in [5.41, 5.74) is 0.221. The van der Waals surface area contributed by atoms with Crippen molar-refractivity contribution in [2.24, 2.45) is 5.41 Å². The minimum atomic E-state index is 0.0370. The minimum Gasteiger partial charge on any atom is -0.311 e. The Hall–Kier alpha value is -0.370. The molecule has 0 saturated heterocycles. The van der Waals surface area contributed by atoms with Gasteiger partial charge in [-0.05, 0) is 18.9 Å². The van der Waals surface area contributed by atoms with E-state index in [9.17, 15) is 4.79 Å². The lowest BCUT2D eigenvalue weighted by atomic mass is 9.86. The highest BCUT2D eigenvalue weighted by molar-refractivity contribution is 5.83. The maximum Gasteiger partial charge on any atom is 0.149 e. The first-order chi connectivity index (χ1) is 5.40. The van der Waals surface area contributed by atoms with Crippen LogP contribution in [0, 0.1) is 5.41 Å². The fourth-order valence-electron chi connectivity index (χ4n) is 1.24. The number of rotatable bonds is 4. The van der Waals surface area contributed by atoms with Crippen molar-refractivity contribution in [2.75, 3.05) is 7.05 Å². The van der Waals surface area contributed by atoms with Gasteiger partial charge in [-0.25, -0.2) is 0 Å². The summed E-state index contributed by atoms with van der Waals surface area (Å²) in [6.07, 6.45) is 1.54. The molecule has 72 valence electrons. The lowest BCUT2D eigenvalue weighted by Crippen LogP contribution is -2.37. The van der Waals surface area contributed by atoms with E-state index in [-0.39, 0.29) is 11.5 Å². The Bertz CT molecular complexity index is 146. The van der Waals surface area contributed by atoms with Gasteiger partial charge in [-0.1, -0.05) is 27.7 Å². The van der Waals surface area contributed by atoms with Crippen molar-refractivity contribution in [3.63, 3.8) is 0 Å². The number of carbonyl (C=O) groups excluding carboxylic acids is 1. The van der Waals surface area contributed by atoms with E-state index in [1.165, 1.54) is 0 Å². The molecule has 0 amide bonds. The van der Waals surface area contributed by atoms with E-state index >= 15 is 0 Å². The van der Waals surface area contributed by atoms with Crippen LogP contribution in [0.2, 0.25) is 0 Å². The lowest BCUT2D eigenvalue weighted by molar-refractivity contribution is -0.121. The molecule has 2 nitrogen and oxygen atoms in total. The Labute approximate surface area is 75.7 Å². The molecule has 0 rings (SSSR count). The maximum absolute atomic E-state index is 11.4. The van der Waals surface area contributed by atoms with Crippen molar-refractivity contribution in [2.45, 2.75) is 46.6 Å². The van der Waals surface area contributed by atoms with Crippen LogP contribution >= 0.6 is 0 Å². The number of hydrogen-bond donors (Lipinski definition) is 1.